The molecule has 1 aliphatic carbocycles. The fraction of sp³-hybridized carbons (Fsp3) is 0.333. The number of nitrogens with one attached hydrogen (secondary N) is 2. The summed E-state index contributed by atoms with van der Waals surface area (Å²) in [7, 11) is 0. The van der Waals surface area contributed by atoms with Gasteiger partial charge in [0.15, 0.2) is 0 Å². The highest BCUT2D eigenvalue weighted by Crippen LogP contribution is 2.11. The molecule has 1 fully saturated rings. The average molecular weight is 248 g/mol. The zero-order valence-corrected chi connectivity index (χ0v) is 9.96. The molecule has 1 saturated heterocycles. The molecule has 0 radical (unpaired) electrons. The van der Waals surface area contributed by atoms with Crippen LogP contribution < -0.4 is 10.6 Å². The zero-order valence-electron chi connectivity index (χ0n) is 9.06. The number of hydrogen-bond donors (Lipinski definition) is 3. The molecular formula is C12H12N2O2S. The van der Waals surface area contributed by atoms with E-state index in [0.717, 1.165) is 5.57 Å². The van der Waals surface area contributed by atoms with E-state index in [1.54, 1.807) is 6.08 Å². The van der Waals surface area contributed by atoms with Crippen molar-refractivity contribution in [3.63, 3.8) is 0 Å². The summed E-state index contributed by atoms with van der Waals surface area (Å²) in [5, 5.41) is 5.32. The summed E-state index contributed by atoms with van der Waals surface area (Å²) >= 11 is 4.01. The molecule has 0 aromatic rings. The summed E-state index contributed by atoms with van der Waals surface area (Å²) in [5.41, 5.74) is 6.56. The fourth-order valence-corrected chi connectivity index (χ4v) is 1.93. The smallest absolute Gasteiger partial charge is 0.244 e. The molecule has 2 rings (SSSR count). The monoisotopic (exact) mass is 248 g/mol. The first-order valence-corrected chi connectivity index (χ1v) is 5.93. The summed E-state index contributed by atoms with van der Waals surface area (Å²) in [6.45, 7) is 0. The van der Waals surface area contributed by atoms with Crippen molar-refractivity contribution in [1.29, 1.82) is 0 Å². The van der Waals surface area contributed by atoms with Crippen LogP contribution in [0.3, 0.4) is 0 Å². The van der Waals surface area contributed by atoms with E-state index in [4.69, 9.17) is 0 Å². The average Bonchev–Trinajstić information content (AvgIpc) is 2.34. The van der Waals surface area contributed by atoms with E-state index >= 15 is 0 Å². The van der Waals surface area contributed by atoms with E-state index in [-0.39, 0.29) is 11.8 Å². The molecule has 0 saturated carbocycles. The molecule has 2 amide bonds. The van der Waals surface area contributed by atoms with Crippen LogP contribution in [-0.4, -0.2) is 29.7 Å². The number of carbonyl (C=O) groups is 2. The number of piperazine rings is 1. The maximum Gasteiger partial charge on any atom is 0.244 e. The summed E-state index contributed by atoms with van der Waals surface area (Å²) in [6.07, 6.45) is 5.83. The molecule has 4 nitrogen and oxygen atoms in total. The van der Waals surface area contributed by atoms with Crippen LogP contribution in [0.15, 0.2) is 35.3 Å². The van der Waals surface area contributed by atoms with Gasteiger partial charge in [0.05, 0.1) is 0 Å². The van der Waals surface area contributed by atoms with Crippen LogP contribution in [0.1, 0.15) is 6.42 Å². The maximum absolute atomic E-state index is 11.7. The zero-order chi connectivity index (χ0) is 12.3. The largest absolute Gasteiger partial charge is 0.342 e. The Bertz CT molecular complexity index is 483. The molecule has 2 N–H and O–H groups in total. The Labute approximate surface area is 105 Å². The minimum absolute atomic E-state index is 0.180. The number of hydrogen-bond acceptors (Lipinski definition) is 3. The topological polar surface area (TPSA) is 58.2 Å². The third kappa shape index (κ3) is 2.71. The molecule has 0 unspecified atom stereocenters. The van der Waals surface area contributed by atoms with Gasteiger partial charge in [0.1, 0.15) is 12.1 Å². The molecule has 1 aliphatic heterocycles. The first kappa shape index (κ1) is 11.8. The van der Waals surface area contributed by atoms with E-state index in [2.05, 4.69) is 34.7 Å². The summed E-state index contributed by atoms with van der Waals surface area (Å²) in [5.74, 6) is -0.0689. The van der Waals surface area contributed by atoms with Gasteiger partial charge < -0.3 is 10.6 Å². The highest BCUT2D eigenvalue weighted by atomic mass is 32.1. The Morgan fingerprint density at radius 2 is 1.94 bits per heavy atom. The van der Waals surface area contributed by atoms with Crippen molar-refractivity contribution >= 4 is 24.4 Å². The molecule has 1 heterocycles. The number of amides is 2. The molecule has 0 spiro atoms. The summed E-state index contributed by atoms with van der Waals surface area (Å²) in [6, 6.07) is -1.07. The van der Waals surface area contributed by atoms with Gasteiger partial charge in [-0.2, -0.15) is 12.6 Å². The second kappa shape index (κ2) is 5.11. The maximum atomic E-state index is 11.7. The van der Waals surface area contributed by atoms with Gasteiger partial charge in [-0.05, 0) is 12.2 Å². The molecule has 0 bridgehead atoms. The van der Waals surface area contributed by atoms with E-state index in [1.165, 1.54) is 0 Å². The van der Waals surface area contributed by atoms with Crippen molar-refractivity contribution in [3.8, 4) is 0 Å². The molecule has 88 valence electrons. The molecule has 0 aromatic carbocycles. The van der Waals surface area contributed by atoms with E-state index < -0.39 is 12.1 Å². The van der Waals surface area contributed by atoms with Crippen molar-refractivity contribution < 1.29 is 9.59 Å². The van der Waals surface area contributed by atoms with Gasteiger partial charge in [0, 0.05) is 17.7 Å². The minimum Gasteiger partial charge on any atom is -0.342 e. The first-order valence-electron chi connectivity index (χ1n) is 5.29. The summed E-state index contributed by atoms with van der Waals surface area (Å²) < 4.78 is 0. The van der Waals surface area contributed by atoms with Crippen molar-refractivity contribution in [1.82, 2.24) is 10.6 Å². The predicted molar refractivity (Wildman–Crippen MR) is 66.6 cm³/mol. The Morgan fingerprint density at radius 3 is 2.59 bits per heavy atom. The Balaban J connectivity index is 2.06. The first-order chi connectivity index (χ1) is 8.20. The number of rotatable bonds is 3. The molecular weight excluding hydrogens is 236 g/mol. The van der Waals surface area contributed by atoms with Gasteiger partial charge in [-0.15, -0.1) is 0 Å². The van der Waals surface area contributed by atoms with Crippen LogP contribution in [0, 0.1) is 0 Å². The fourth-order valence-electron chi connectivity index (χ4n) is 1.68. The van der Waals surface area contributed by atoms with E-state index in [0.29, 0.717) is 12.2 Å². The van der Waals surface area contributed by atoms with Gasteiger partial charge >= 0.3 is 0 Å². The van der Waals surface area contributed by atoms with Gasteiger partial charge in [-0.25, -0.2) is 0 Å². The van der Waals surface area contributed by atoms with Crippen molar-refractivity contribution in [3.05, 3.63) is 35.3 Å². The van der Waals surface area contributed by atoms with E-state index in [9.17, 15) is 9.59 Å². The van der Waals surface area contributed by atoms with Gasteiger partial charge in [0.25, 0.3) is 0 Å². The van der Waals surface area contributed by atoms with Crippen LogP contribution >= 0.6 is 12.6 Å². The molecule has 2 atom stereocenters. The van der Waals surface area contributed by atoms with Gasteiger partial charge in [-0.1, -0.05) is 17.5 Å². The van der Waals surface area contributed by atoms with Crippen LogP contribution in [0.4, 0.5) is 0 Å². The lowest BCUT2D eigenvalue weighted by Gasteiger charge is -2.28. The molecule has 2 aliphatic rings. The standard InChI is InChI=1S/C12H12N2O2S/c15-11-9(6-8-4-2-1-3-5-8)13-12(16)10(7-17)14-11/h1-2,4,9-10,17H,6-7H2,(H,13,16)(H,14,15)/t9-,10+/m1/s1. The van der Waals surface area contributed by atoms with Crippen LogP contribution in [0.2, 0.25) is 0 Å². The third-order valence-electron chi connectivity index (χ3n) is 2.58. The summed E-state index contributed by atoms with van der Waals surface area (Å²) in [4.78, 5) is 23.3. The Kier molecular flexibility index (Phi) is 3.55. The second-order valence-electron chi connectivity index (χ2n) is 3.83. The number of thiol groups is 1. The molecule has 5 heteroatoms. The Hall–Kier alpha value is -1.67. The second-order valence-corrected chi connectivity index (χ2v) is 4.19. The van der Waals surface area contributed by atoms with Crippen LogP contribution in [-0.2, 0) is 9.59 Å². The lowest BCUT2D eigenvalue weighted by Crippen LogP contribution is -2.62. The van der Waals surface area contributed by atoms with Crippen molar-refractivity contribution in [2.45, 2.75) is 18.5 Å². The Morgan fingerprint density at radius 1 is 1.24 bits per heavy atom. The predicted octanol–water partition coefficient (Wildman–Crippen LogP) is 0.0959. The quantitative estimate of drug-likeness (QED) is 0.490. The highest BCUT2D eigenvalue weighted by Gasteiger charge is 2.32. The van der Waals surface area contributed by atoms with Crippen LogP contribution in [0.5, 0.6) is 0 Å². The SMILES string of the molecule is O=C1N[C@H](CC2=C=C=CC=C2)C(=O)N[C@H]1CS. The highest BCUT2D eigenvalue weighted by molar-refractivity contribution is 7.80. The van der Waals surface area contributed by atoms with Crippen molar-refractivity contribution in [2.75, 3.05) is 5.75 Å². The van der Waals surface area contributed by atoms with Crippen molar-refractivity contribution in [2.24, 2.45) is 0 Å². The lowest BCUT2D eigenvalue weighted by atomic mass is 10.0. The van der Waals surface area contributed by atoms with E-state index in [1.807, 2.05) is 12.2 Å². The number of allylic oxidation sites excluding steroid dienone is 3. The van der Waals surface area contributed by atoms with Gasteiger partial charge in [-0.3, -0.25) is 9.59 Å². The molecule has 17 heavy (non-hydrogen) atoms. The molecule has 0 aromatic heterocycles. The lowest BCUT2D eigenvalue weighted by molar-refractivity contribution is -0.136. The minimum atomic E-state index is -0.536. The van der Waals surface area contributed by atoms with Crippen LogP contribution in [0.25, 0.3) is 0 Å². The van der Waals surface area contributed by atoms with Gasteiger partial charge in [0.2, 0.25) is 11.8 Å². The number of carbonyl (C=O) groups excluding carboxylic acids is 2. The normalized spacial score (nSPS) is 26.5. The third-order valence-corrected chi connectivity index (χ3v) is 2.95.